The quantitative estimate of drug-likeness (QED) is 0.488. The average Bonchev–Trinajstić information content (AvgIpc) is 2.20. The summed E-state index contributed by atoms with van der Waals surface area (Å²) in [6, 6.07) is 0. The second-order valence-electron chi connectivity index (χ2n) is 3.75. The summed E-state index contributed by atoms with van der Waals surface area (Å²) in [5.74, 6) is 5.75. The van der Waals surface area contributed by atoms with Gasteiger partial charge in [-0.25, -0.2) is 0 Å². The van der Waals surface area contributed by atoms with Gasteiger partial charge in [-0.3, -0.25) is 0 Å². The number of hydrogen-bond acceptors (Lipinski definition) is 1. The second-order valence-corrected chi connectivity index (χ2v) is 3.75. The van der Waals surface area contributed by atoms with E-state index in [0.29, 0.717) is 0 Å². The molecule has 0 saturated carbocycles. The van der Waals surface area contributed by atoms with Crippen LogP contribution in [0.5, 0.6) is 0 Å². The Hall–Kier alpha value is -0.480. The summed E-state index contributed by atoms with van der Waals surface area (Å²) < 4.78 is 0. The topological polar surface area (TPSA) is 20.2 Å². The summed E-state index contributed by atoms with van der Waals surface area (Å²) in [4.78, 5) is 0. The van der Waals surface area contributed by atoms with E-state index in [4.69, 9.17) is 0 Å². The van der Waals surface area contributed by atoms with Gasteiger partial charge < -0.3 is 5.11 Å². The summed E-state index contributed by atoms with van der Waals surface area (Å²) >= 11 is 0. The molecule has 0 aromatic heterocycles. The number of aliphatic hydroxyl groups excluding tert-OH is 1. The Morgan fingerprint density at radius 1 is 1.00 bits per heavy atom. The van der Waals surface area contributed by atoms with Crippen LogP contribution in [0.2, 0.25) is 0 Å². The molecule has 1 atom stereocenters. The lowest BCUT2D eigenvalue weighted by Gasteiger charge is -2.02. The van der Waals surface area contributed by atoms with Crippen molar-refractivity contribution in [2.75, 3.05) is 0 Å². The monoisotopic (exact) mass is 196 g/mol. The molecule has 0 rings (SSSR count). The molecule has 0 spiro atoms. The summed E-state index contributed by atoms with van der Waals surface area (Å²) in [5.41, 5.74) is 0. The molecule has 0 aromatic carbocycles. The van der Waals surface area contributed by atoms with E-state index in [1.54, 1.807) is 0 Å². The van der Waals surface area contributed by atoms with Crippen LogP contribution in [0.3, 0.4) is 0 Å². The van der Waals surface area contributed by atoms with Crippen molar-refractivity contribution in [1.82, 2.24) is 0 Å². The Morgan fingerprint density at radius 3 is 2.29 bits per heavy atom. The molecule has 0 fully saturated rings. The van der Waals surface area contributed by atoms with Crippen LogP contribution in [-0.2, 0) is 0 Å². The summed E-state index contributed by atoms with van der Waals surface area (Å²) in [6.07, 6.45) is 8.94. The highest BCUT2D eigenvalue weighted by Crippen LogP contribution is 2.08. The largest absolute Gasteiger partial charge is 0.380 e. The van der Waals surface area contributed by atoms with Crippen molar-refractivity contribution >= 4 is 0 Å². The zero-order valence-corrected chi connectivity index (χ0v) is 9.68. The Labute approximate surface area is 88.9 Å². The number of unbranched alkanes of at least 4 members (excludes halogenated alkanes) is 5. The smallest absolute Gasteiger partial charge is 0.114 e. The molecule has 0 bridgehead atoms. The van der Waals surface area contributed by atoms with Crippen LogP contribution in [0.1, 0.15) is 65.2 Å². The van der Waals surface area contributed by atoms with Crippen molar-refractivity contribution in [3.63, 3.8) is 0 Å². The van der Waals surface area contributed by atoms with Crippen molar-refractivity contribution < 1.29 is 5.11 Å². The van der Waals surface area contributed by atoms with Crippen molar-refractivity contribution in [3.05, 3.63) is 0 Å². The van der Waals surface area contributed by atoms with Gasteiger partial charge in [0.2, 0.25) is 0 Å². The lowest BCUT2D eigenvalue weighted by Crippen LogP contribution is -2.01. The van der Waals surface area contributed by atoms with Crippen molar-refractivity contribution in [3.8, 4) is 11.8 Å². The predicted molar refractivity (Wildman–Crippen MR) is 62.1 cm³/mol. The molecule has 0 aliphatic rings. The van der Waals surface area contributed by atoms with Gasteiger partial charge in [0.15, 0.2) is 0 Å². The average molecular weight is 196 g/mol. The summed E-state index contributed by atoms with van der Waals surface area (Å²) in [6.45, 7) is 4.23. The van der Waals surface area contributed by atoms with Crippen LogP contribution in [-0.4, -0.2) is 11.2 Å². The zero-order valence-electron chi connectivity index (χ0n) is 9.68. The third-order valence-corrected chi connectivity index (χ3v) is 2.28. The van der Waals surface area contributed by atoms with Gasteiger partial charge in [-0.15, -0.1) is 5.92 Å². The first-order valence-corrected chi connectivity index (χ1v) is 5.97. The van der Waals surface area contributed by atoms with E-state index < -0.39 is 0 Å². The fraction of sp³-hybridized carbons (Fsp3) is 0.846. The van der Waals surface area contributed by atoms with Gasteiger partial charge in [0.25, 0.3) is 0 Å². The van der Waals surface area contributed by atoms with Crippen molar-refractivity contribution in [1.29, 1.82) is 0 Å². The van der Waals surface area contributed by atoms with Crippen LogP contribution in [0.25, 0.3) is 0 Å². The van der Waals surface area contributed by atoms with Gasteiger partial charge in [0.1, 0.15) is 6.10 Å². The van der Waals surface area contributed by atoms with Gasteiger partial charge in [-0.2, -0.15) is 0 Å². The number of rotatable bonds is 7. The first-order valence-electron chi connectivity index (χ1n) is 5.97. The van der Waals surface area contributed by atoms with Gasteiger partial charge in [-0.1, -0.05) is 51.9 Å². The molecule has 0 amide bonds. The molecular formula is C13H24O. The van der Waals surface area contributed by atoms with E-state index in [1.807, 2.05) is 6.92 Å². The lowest BCUT2D eigenvalue weighted by atomic mass is 10.1. The molecule has 1 heteroatoms. The van der Waals surface area contributed by atoms with Gasteiger partial charge in [0.05, 0.1) is 0 Å². The highest BCUT2D eigenvalue weighted by atomic mass is 16.3. The van der Waals surface area contributed by atoms with Gasteiger partial charge in [-0.05, 0) is 12.8 Å². The van der Waals surface area contributed by atoms with Crippen LogP contribution < -0.4 is 0 Å². The molecule has 0 aromatic rings. The second kappa shape index (κ2) is 10.6. The predicted octanol–water partition coefficient (Wildman–Crippen LogP) is 3.51. The highest BCUT2D eigenvalue weighted by molar-refractivity contribution is 5.03. The van der Waals surface area contributed by atoms with E-state index in [0.717, 1.165) is 19.3 Å². The normalized spacial score (nSPS) is 11.9. The molecule has 0 saturated heterocycles. The molecule has 0 heterocycles. The van der Waals surface area contributed by atoms with E-state index in [-0.39, 0.29) is 6.10 Å². The minimum atomic E-state index is -0.388. The first-order chi connectivity index (χ1) is 6.81. The van der Waals surface area contributed by atoms with Crippen molar-refractivity contribution in [2.24, 2.45) is 0 Å². The van der Waals surface area contributed by atoms with Gasteiger partial charge in [0, 0.05) is 6.42 Å². The molecule has 82 valence electrons. The molecular weight excluding hydrogens is 172 g/mol. The number of aliphatic hydroxyl groups is 1. The maximum absolute atomic E-state index is 9.41. The zero-order chi connectivity index (χ0) is 10.6. The third-order valence-electron chi connectivity index (χ3n) is 2.28. The van der Waals surface area contributed by atoms with E-state index in [9.17, 15) is 5.11 Å². The highest BCUT2D eigenvalue weighted by Gasteiger charge is 1.97. The minimum absolute atomic E-state index is 0.388. The SMILES string of the molecule is CCC#CC(O)CCCCCCCC. The summed E-state index contributed by atoms with van der Waals surface area (Å²) in [7, 11) is 0. The van der Waals surface area contributed by atoms with Crippen LogP contribution in [0.4, 0.5) is 0 Å². The van der Waals surface area contributed by atoms with E-state index >= 15 is 0 Å². The molecule has 1 N–H and O–H groups in total. The summed E-state index contributed by atoms with van der Waals surface area (Å²) in [5, 5.41) is 9.41. The maximum atomic E-state index is 9.41. The Morgan fingerprint density at radius 2 is 1.64 bits per heavy atom. The minimum Gasteiger partial charge on any atom is -0.380 e. The van der Waals surface area contributed by atoms with E-state index in [2.05, 4.69) is 18.8 Å². The Balaban J connectivity index is 3.18. The van der Waals surface area contributed by atoms with Crippen LogP contribution in [0, 0.1) is 11.8 Å². The standard InChI is InChI=1S/C13H24O/c1-3-5-7-8-9-10-12-13(14)11-6-4-2/h13-14H,3-5,7-10,12H2,1-2H3. The maximum Gasteiger partial charge on any atom is 0.114 e. The molecule has 0 aliphatic heterocycles. The van der Waals surface area contributed by atoms with E-state index in [1.165, 1.54) is 32.1 Å². The third kappa shape index (κ3) is 9.61. The molecule has 1 unspecified atom stereocenters. The lowest BCUT2D eigenvalue weighted by molar-refractivity contribution is 0.217. The Kier molecular flexibility index (Phi) is 10.2. The molecule has 0 radical (unpaired) electrons. The fourth-order valence-corrected chi connectivity index (χ4v) is 1.41. The molecule has 0 aliphatic carbocycles. The van der Waals surface area contributed by atoms with Crippen LogP contribution in [0.15, 0.2) is 0 Å². The van der Waals surface area contributed by atoms with Gasteiger partial charge >= 0.3 is 0 Å². The molecule has 1 nitrogen and oxygen atoms in total. The van der Waals surface area contributed by atoms with Crippen LogP contribution >= 0.6 is 0 Å². The number of hydrogen-bond donors (Lipinski definition) is 1. The Bertz CT molecular complexity index is 164. The molecule has 14 heavy (non-hydrogen) atoms. The fourth-order valence-electron chi connectivity index (χ4n) is 1.41. The van der Waals surface area contributed by atoms with Crippen molar-refractivity contribution in [2.45, 2.75) is 71.3 Å². The first kappa shape index (κ1) is 13.5.